The van der Waals surface area contributed by atoms with E-state index < -0.39 is 0 Å². The highest BCUT2D eigenvalue weighted by Gasteiger charge is 2.27. The minimum absolute atomic E-state index is 0.0190. The number of carbonyl (C=O) groups is 1. The fourth-order valence-electron chi connectivity index (χ4n) is 3.23. The smallest absolute Gasteiger partial charge is 0.241 e. The van der Waals surface area contributed by atoms with E-state index >= 15 is 0 Å². The van der Waals surface area contributed by atoms with E-state index in [1.54, 1.807) is 4.68 Å². The molecule has 0 aliphatic carbocycles. The monoisotopic (exact) mass is 342 g/mol. The van der Waals surface area contributed by atoms with Gasteiger partial charge in [-0.1, -0.05) is 6.07 Å². The Morgan fingerprint density at radius 3 is 2.48 bits per heavy atom. The molecule has 1 aliphatic heterocycles. The summed E-state index contributed by atoms with van der Waals surface area (Å²) in [6, 6.07) is 5.78. The Morgan fingerprint density at radius 2 is 1.92 bits per heavy atom. The van der Waals surface area contributed by atoms with E-state index in [9.17, 15) is 4.79 Å². The highest BCUT2D eigenvalue weighted by Crippen LogP contribution is 2.20. The van der Waals surface area contributed by atoms with Gasteiger partial charge in [-0.25, -0.2) is 4.98 Å². The molecule has 1 atom stereocenters. The Kier molecular flexibility index (Phi) is 5.03. The van der Waals surface area contributed by atoms with Gasteiger partial charge in [-0.05, 0) is 32.9 Å². The van der Waals surface area contributed by atoms with E-state index in [1.165, 1.54) is 0 Å². The quantitative estimate of drug-likeness (QED) is 0.914. The molecule has 1 fully saturated rings. The average Bonchev–Trinajstić information content (AvgIpc) is 2.88. The Bertz CT molecular complexity index is 734. The molecule has 0 aromatic carbocycles. The molecule has 1 aliphatic rings. The zero-order valence-electron chi connectivity index (χ0n) is 15.4. The summed E-state index contributed by atoms with van der Waals surface area (Å²) in [5.74, 6) is 1.02. The van der Waals surface area contributed by atoms with Crippen LogP contribution in [0.25, 0.3) is 0 Å². The van der Waals surface area contributed by atoms with Gasteiger partial charge in [0.15, 0.2) is 0 Å². The summed E-state index contributed by atoms with van der Waals surface area (Å²) in [7, 11) is 1.89. The summed E-state index contributed by atoms with van der Waals surface area (Å²) < 4.78 is 1.79. The van der Waals surface area contributed by atoms with Crippen molar-refractivity contribution < 1.29 is 4.79 Å². The Morgan fingerprint density at radius 1 is 1.20 bits per heavy atom. The van der Waals surface area contributed by atoms with Crippen molar-refractivity contribution in [1.29, 1.82) is 0 Å². The third-order valence-corrected chi connectivity index (χ3v) is 4.97. The molecule has 2 aromatic rings. The van der Waals surface area contributed by atoms with E-state index in [2.05, 4.69) is 25.2 Å². The van der Waals surface area contributed by atoms with Gasteiger partial charge < -0.3 is 10.2 Å². The third-order valence-electron chi connectivity index (χ3n) is 4.97. The molecular weight excluding hydrogens is 316 g/mol. The van der Waals surface area contributed by atoms with Crippen molar-refractivity contribution in [1.82, 2.24) is 19.7 Å². The number of nitrogens with zero attached hydrogens (tertiary/aromatic N) is 5. The van der Waals surface area contributed by atoms with Crippen molar-refractivity contribution in [3.63, 3.8) is 0 Å². The molecule has 7 heteroatoms. The molecule has 0 bridgehead atoms. The van der Waals surface area contributed by atoms with E-state index in [-0.39, 0.29) is 11.9 Å². The fourth-order valence-corrected chi connectivity index (χ4v) is 3.23. The van der Waals surface area contributed by atoms with Crippen LogP contribution < -0.4 is 10.2 Å². The lowest BCUT2D eigenvalue weighted by molar-refractivity contribution is -0.120. The molecule has 134 valence electrons. The number of aromatic nitrogens is 3. The number of carbonyl (C=O) groups excluding carboxylic acids is 1. The fraction of sp³-hybridized carbons (Fsp3) is 0.500. The van der Waals surface area contributed by atoms with Crippen LogP contribution in [-0.4, -0.2) is 57.8 Å². The summed E-state index contributed by atoms with van der Waals surface area (Å²) in [6.45, 7) is 9.28. The molecule has 2 aromatic heterocycles. The zero-order valence-corrected chi connectivity index (χ0v) is 15.4. The van der Waals surface area contributed by atoms with Gasteiger partial charge in [0.2, 0.25) is 5.91 Å². The van der Waals surface area contributed by atoms with Gasteiger partial charge >= 0.3 is 0 Å². The summed E-state index contributed by atoms with van der Waals surface area (Å²) in [4.78, 5) is 21.5. The molecule has 1 N–H and O–H groups in total. The Balaban J connectivity index is 1.58. The first-order valence-electron chi connectivity index (χ1n) is 8.68. The lowest BCUT2D eigenvalue weighted by Crippen LogP contribution is -2.53. The van der Waals surface area contributed by atoms with E-state index in [4.69, 9.17) is 0 Å². The highest BCUT2D eigenvalue weighted by molar-refractivity contribution is 5.95. The molecule has 25 heavy (non-hydrogen) atoms. The van der Waals surface area contributed by atoms with Crippen LogP contribution in [0.5, 0.6) is 0 Å². The second kappa shape index (κ2) is 7.23. The molecule has 0 unspecified atom stereocenters. The van der Waals surface area contributed by atoms with Crippen LogP contribution in [0.3, 0.4) is 0 Å². The van der Waals surface area contributed by atoms with Crippen molar-refractivity contribution in [2.75, 3.05) is 36.4 Å². The number of nitrogens with one attached hydrogen (secondary N) is 1. The third kappa shape index (κ3) is 3.66. The number of rotatable bonds is 4. The summed E-state index contributed by atoms with van der Waals surface area (Å²) >= 11 is 0. The van der Waals surface area contributed by atoms with Gasteiger partial charge in [0.1, 0.15) is 5.82 Å². The zero-order chi connectivity index (χ0) is 18.0. The van der Waals surface area contributed by atoms with E-state index in [0.29, 0.717) is 0 Å². The van der Waals surface area contributed by atoms with Gasteiger partial charge in [-0.2, -0.15) is 5.10 Å². The minimum Gasteiger partial charge on any atom is -0.354 e. The van der Waals surface area contributed by atoms with Crippen LogP contribution in [-0.2, 0) is 11.8 Å². The van der Waals surface area contributed by atoms with Gasteiger partial charge in [-0.3, -0.25) is 14.4 Å². The molecule has 0 saturated carbocycles. The first-order valence-corrected chi connectivity index (χ1v) is 8.68. The summed E-state index contributed by atoms with van der Waals surface area (Å²) in [6.07, 6.45) is 1.82. The van der Waals surface area contributed by atoms with Crippen molar-refractivity contribution >= 4 is 17.4 Å². The Labute approximate surface area is 148 Å². The summed E-state index contributed by atoms with van der Waals surface area (Å²) in [5, 5.41) is 7.40. The molecule has 0 radical (unpaired) electrons. The molecular formula is C18H26N6O. The number of amides is 1. The van der Waals surface area contributed by atoms with Crippen LogP contribution >= 0.6 is 0 Å². The number of hydrogen-bond acceptors (Lipinski definition) is 5. The van der Waals surface area contributed by atoms with Crippen molar-refractivity contribution in [3.05, 3.63) is 35.8 Å². The van der Waals surface area contributed by atoms with Crippen LogP contribution in [0.15, 0.2) is 24.4 Å². The van der Waals surface area contributed by atoms with Crippen molar-refractivity contribution in [2.45, 2.75) is 26.8 Å². The average molecular weight is 342 g/mol. The lowest BCUT2D eigenvalue weighted by Gasteiger charge is -2.37. The van der Waals surface area contributed by atoms with Gasteiger partial charge in [0, 0.05) is 39.4 Å². The normalized spacial score (nSPS) is 16.7. The molecule has 0 spiro atoms. The highest BCUT2D eigenvalue weighted by atomic mass is 16.2. The molecule has 1 amide bonds. The van der Waals surface area contributed by atoms with Gasteiger partial charge in [0.05, 0.1) is 23.1 Å². The minimum atomic E-state index is -0.176. The number of piperazine rings is 1. The molecule has 1 saturated heterocycles. The maximum absolute atomic E-state index is 12.7. The van der Waals surface area contributed by atoms with Gasteiger partial charge in [-0.15, -0.1) is 0 Å². The van der Waals surface area contributed by atoms with Crippen LogP contribution in [0.1, 0.15) is 18.3 Å². The SMILES string of the molecule is Cc1nn(C)c(C)c1NC(=O)[C@H](C)N1CCN(c2ccccn2)CC1. The second-order valence-corrected chi connectivity index (χ2v) is 6.55. The second-order valence-electron chi connectivity index (χ2n) is 6.55. The topological polar surface area (TPSA) is 66.3 Å². The predicted molar refractivity (Wildman–Crippen MR) is 98.8 cm³/mol. The standard InChI is InChI=1S/C18H26N6O/c1-13-17(14(2)22(4)21-13)20-18(25)15(3)23-9-11-24(12-10-23)16-7-5-6-8-19-16/h5-8,15H,9-12H2,1-4H3,(H,20,25)/t15-/m0/s1. The first kappa shape index (κ1) is 17.4. The van der Waals surface area contributed by atoms with Crippen LogP contribution in [0.4, 0.5) is 11.5 Å². The number of pyridine rings is 1. The maximum Gasteiger partial charge on any atom is 0.241 e. The molecule has 7 nitrogen and oxygen atoms in total. The molecule has 3 heterocycles. The Hall–Kier alpha value is -2.41. The number of hydrogen-bond donors (Lipinski definition) is 1. The largest absolute Gasteiger partial charge is 0.354 e. The number of anilines is 2. The van der Waals surface area contributed by atoms with E-state index in [0.717, 1.165) is 49.1 Å². The van der Waals surface area contributed by atoms with Crippen molar-refractivity contribution in [3.8, 4) is 0 Å². The van der Waals surface area contributed by atoms with Gasteiger partial charge in [0.25, 0.3) is 0 Å². The van der Waals surface area contributed by atoms with Crippen LogP contribution in [0, 0.1) is 13.8 Å². The number of aryl methyl sites for hydroxylation is 2. The van der Waals surface area contributed by atoms with E-state index in [1.807, 2.05) is 52.2 Å². The molecule has 3 rings (SSSR count). The maximum atomic E-state index is 12.7. The summed E-state index contributed by atoms with van der Waals surface area (Å²) in [5.41, 5.74) is 2.64. The predicted octanol–water partition coefficient (Wildman–Crippen LogP) is 1.58. The first-order chi connectivity index (χ1) is 12.0. The lowest BCUT2D eigenvalue weighted by atomic mass is 10.2. The van der Waals surface area contributed by atoms with Crippen LogP contribution in [0.2, 0.25) is 0 Å². The van der Waals surface area contributed by atoms with Crippen molar-refractivity contribution in [2.24, 2.45) is 7.05 Å².